The zero-order chi connectivity index (χ0) is 7.40. The summed E-state index contributed by atoms with van der Waals surface area (Å²) in [4.78, 5) is 0. The summed E-state index contributed by atoms with van der Waals surface area (Å²) in [6, 6.07) is 0.554. The molecule has 10 heavy (non-hydrogen) atoms. The molecule has 60 valence electrons. The van der Waals surface area contributed by atoms with Crippen LogP contribution >= 0.6 is 0 Å². The molecule has 1 fully saturated rings. The molecule has 1 saturated heterocycles. The summed E-state index contributed by atoms with van der Waals surface area (Å²) in [6.45, 7) is 4.76. The molecule has 0 aromatic rings. The number of hydrogen-bond acceptors (Lipinski definition) is 3. The summed E-state index contributed by atoms with van der Waals surface area (Å²) >= 11 is 0. The molecular weight excluding hydrogens is 128 g/mol. The van der Waals surface area contributed by atoms with E-state index < -0.39 is 0 Å². The van der Waals surface area contributed by atoms with Crippen molar-refractivity contribution >= 4 is 0 Å². The molecule has 3 nitrogen and oxygen atoms in total. The highest BCUT2D eigenvalue weighted by atomic mass is 16.5. The van der Waals surface area contributed by atoms with Crippen LogP contribution in [-0.2, 0) is 4.74 Å². The zero-order valence-electron chi connectivity index (χ0n) is 6.55. The van der Waals surface area contributed by atoms with Crippen molar-refractivity contribution in [3.8, 4) is 0 Å². The van der Waals surface area contributed by atoms with Crippen molar-refractivity contribution in [3.05, 3.63) is 0 Å². The van der Waals surface area contributed by atoms with Crippen LogP contribution in [0.5, 0.6) is 0 Å². The lowest BCUT2D eigenvalue weighted by Gasteiger charge is -2.29. The fourth-order valence-electron chi connectivity index (χ4n) is 1.27. The van der Waals surface area contributed by atoms with E-state index >= 15 is 0 Å². The average molecular weight is 144 g/mol. The summed E-state index contributed by atoms with van der Waals surface area (Å²) in [7, 11) is 0. The lowest BCUT2D eigenvalue weighted by atomic mass is 10.1. The first-order valence-electron chi connectivity index (χ1n) is 3.93. The Morgan fingerprint density at radius 2 is 2.10 bits per heavy atom. The van der Waals surface area contributed by atoms with Gasteiger partial charge in [-0.2, -0.15) is 0 Å². The Kier molecular flexibility index (Phi) is 3.12. The third kappa shape index (κ3) is 1.94. The Bertz CT molecular complexity index is 91.6. The highest BCUT2D eigenvalue weighted by molar-refractivity contribution is 4.69. The number of nitrogens with zero attached hydrogens (tertiary/aromatic N) is 1. The molecule has 0 spiro atoms. The molecule has 1 aliphatic rings. The highest BCUT2D eigenvalue weighted by Gasteiger charge is 2.16. The van der Waals surface area contributed by atoms with Gasteiger partial charge in [0.1, 0.15) is 0 Å². The van der Waals surface area contributed by atoms with Crippen molar-refractivity contribution in [2.75, 3.05) is 19.8 Å². The van der Waals surface area contributed by atoms with Crippen molar-refractivity contribution in [3.63, 3.8) is 0 Å². The predicted molar refractivity (Wildman–Crippen MR) is 40.4 cm³/mol. The van der Waals surface area contributed by atoms with Crippen molar-refractivity contribution < 1.29 is 4.74 Å². The molecule has 1 rings (SSSR count). The molecular formula is C7H16N2O. The van der Waals surface area contributed by atoms with Crippen molar-refractivity contribution in [1.82, 2.24) is 5.01 Å². The minimum atomic E-state index is 0.554. The van der Waals surface area contributed by atoms with E-state index in [0.717, 1.165) is 32.6 Å². The second-order valence-corrected chi connectivity index (χ2v) is 2.67. The first-order valence-corrected chi connectivity index (χ1v) is 3.93. The SMILES string of the molecule is CCN(N)C1CCOCC1. The number of rotatable bonds is 2. The molecule has 3 heteroatoms. The summed E-state index contributed by atoms with van der Waals surface area (Å²) in [5, 5.41) is 1.91. The highest BCUT2D eigenvalue weighted by Crippen LogP contribution is 2.10. The van der Waals surface area contributed by atoms with Crippen molar-refractivity contribution in [1.29, 1.82) is 0 Å². The fraction of sp³-hybridized carbons (Fsp3) is 1.00. The summed E-state index contributed by atoms with van der Waals surface area (Å²) in [5.41, 5.74) is 0. The molecule has 0 aromatic heterocycles. The molecule has 0 atom stereocenters. The monoisotopic (exact) mass is 144 g/mol. The molecule has 1 heterocycles. The first-order chi connectivity index (χ1) is 4.84. The Balaban J connectivity index is 2.24. The lowest BCUT2D eigenvalue weighted by Crippen LogP contribution is -2.43. The minimum Gasteiger partial charge on any atom is -0.381 e. The Hall–Kier alpha value is -0.120. The Labute approximate surface area is 62.1 Å². The van der Waals surface area contributed by atoms with Crippen LogP contribution in [0.4, 0.5) is 0 Å². The second kappa shape index (κ2) is 3.91. The van der Waals surface area contributed by atoms with E-state index in [1.54, 1.807) is 0 Å². The van der Waals surface area contributed by atoms with Gasteiger partial charge in [0.15, 0.2) is 0 Å². The number of nitrogens with two attached hydrogens (primary N) is 1. The van der Waals surface area contributed by atoms with Gasteiger partial charge in [0.2, 0.25) is 0 Å². The van der Waals surface area contributed by atoms with Gasteiger partial charge in [-0.15, -0.1) is 0 Å². The average Bonchev–Trinajstić information content (AvgIpc) is 2.05. The van der Waals surface area contributed by atoms with Crippen LogP contribution in [0.25, 0.3) is 0 Å². The van der Waals surface area contributed by atoms with E-state index in [1.165, 1.54) is 0 Å². The molecule has 0 amide bonds. The van der Waals surface area contributed by atoms with Crippen molar-refractivity contribution in [2.45, 2.75) is 25.8 Å². The quantitative estimate of drug-likeness (QED) is 0.449. The number of hydrazine groups is 1. The molecule has 0 aromatic carbocycles. The lowest BCUT2D eigenvalue weighted by molar-refractivity contribution is 0.0357. The van der Waals surface area contributed by atoms with Gasteiger partial charge in [0.05, 0.1) is 0 Å². The van der Waals surface area contributed by atoms with E-state index in [0.29, 0.717) is 6.04 Å². The van der Waals surface area contributed by atoms with Crippen LogP contribution in [-0.4, -0.2) is 30.8 Å². The fourth-order valence-corrected chi connectivity index (χ4v) is 1.27. The van der Waals surface area contributed by atoms with Crippen LogP contribution < -0.4 is 5.84 Å². The van der Waals surface area contributed by atoms with Gasteiger partial charge in [-0.3, -0.25) is 5.84 Å². The Morgan fingerprint density at radius 3 is 2.60 bits per heavy atom. The van der Waals surface area contributed by atoms with Crippen LogP contribution in [0.3, 0.4) is 0 Å². The largest absolute Gasteiger partial charge is 0.381 e. The van der Waals surface area contributed by atoms with Gasteiger partial charge in [-0.05, 0) is 12.8 Å². The van der Waals surface area contributed by atoms with E-state index in [9.17, 15) is 0 Å². The maximum Gasteiger partial charge on any atom is 0.0481 e. The van der Waals surface area contributed by atoms with Crippen LogP contribution in [0.2, 0.25) is 0 Å². The van der Waals surface area contributed by atoms with Gasteiger partial charge in [0.25, 0.3) is 0 Å². The zero-order valence-corrected chi connectivity index (χ0v) is 6.55. The summed E-state index contributed by atoms with van der Waals surface area (Å²) < 4.78 is 5.21. The molecule has 2 N–H and O–H groups in total. The molecule has 0 aliphatic carbocycles. The van der Waals surface area contributed by atoms with Crippen LogP contribution in [0.15, 0.2) is 0 Å². The normalized spacial score (nSPS) is 21.9. The standard InChI is InChI=1S/C7H16N2O/c1-2-9(8)7-3-5-10-6-4-7/h7H,2-6,8H2,1H3. The van der Waals surface area contributed by atoms with E-state index in [-0.39, 0.29) is 0 Å². The molecule has 0 radical (unpaired) electrons. The predicted octanol–water partition coefficient (Wildman–Crippen LogP) is 0.361. The smallest absolute Gasteiger partial charge is 0.0481 e. The topological polar surface area (TPSA) is 38.5 Å². The van der Waals surface area contributed by atoms with Crippen molar-refractivity contribution in [2.24, 2.45) is 5.84 Å². The Morgan fingerprint density at radius 1 is 1.50 bits per heavy atom. The van der Waals surface area contributed by atoms with Gasteiger partial charge in [-0.1, -0.05) is 6.92 Å². The van der Waals surface area contributed by atoms with Gasteiger partial charge in [0, 0.05) is 25.8 Å². The molecule has 0 saturated carbocycles. The van der Waals surface area contributed by atoms with Crippen LogP contribution in [0.1, 0.15) is 19.8 Å². The number of hydrogen-bond donors (Lipinski definition) is 1. The second-order valence-electron chi connectivity index (χ2n) is 2.67. The van der Waals surface area contributed by atoms with Gasteiger partial charge >= 0.3 is 0 Å². The minimum absolute atomic E-state index is 0.554. The molecule has 0 unspecified atom stereocenters. The maximum absolute atomic E-state index is 5.73. The number of ether oxygens (including phenoxy) is 1. The maximum atomic E-state index is 5.73. The summed E-state index contributed by atoms with van der Waals surface area (Å²) in [6.07, 6.45) is 2.18. The van der Waals surface area contributed by atoms with E-state index in [2.05, 4.69) is 6.92 Å². The first kappa shape index (κ1) is 7.98. The molecule has 1 aliphatic heterocycles. The third-order valence-electron chi connectivity index (χ3n) is 2.02. The summed E-state index contributed by atoms with van der Waals surface area (Å²) in [5.74, 6) is 5.73. The third-order valence-corrected chi connectivity index (χ3v) is 2.02. The van der Waals surface area contributed by atoms with Gasteiger partial charge in [-0.25, -0.2) is 5.01 Å². The van der Waals surface area contributed by atoms with Crippen LogP contribution in [0, 0.1) is 0 Å². The van der Waals surface area contributed by atoms with Gasteiger partial charge < -0.3 is 4.74 Å². The van der Waals surface area contributed by atoms with E-state index in [4.69, 9.17) is 10.6 Å². The van der Waals surface area contributed by atoms with E-state index in [1.807, 2.05) is 5.01 Å². The molecule has 0 bridgehead atoms.